The second-order valence-electron chi connectivity index (χ2n) is 3.33. The van der Waals surface area contributed by atoms with Gasteiger partial charge in [0.15, 0.2) is 0 Å². The molecule has 0 spiro atoms. The van der Waals surface area contributed by atoms with Crippen LogP contribution in [0.2, 0.25) is 5.02 Å². The number of hydrogen-bond donors (Lipinski definition) is 0. The number of hydrogen-bond acceptors (Lipinski definition) is 2. The monoisotopic (exact) mass is 346 g/mol. The predicted molar refractivity (Wildman–Crippen MR) is 70.8 cm³/mol. The number of carbonyl (C=O) groups excluding carboxylic acids is 1. The molecular formula is C11H8ClIN2O. The molecule has 0 aliphatic heterocycles. The summed E-state index contributed by atoms with van der Waals surface area (Å²) in [6, 6.07) is 6.93. The maximum atomic E-state index is 12.0. The zero-order valence-electron chi connectivity index (χ0n) is 8.45. The lowest BCUT2D eigenvalue weighted by Crippen LogP contribution is -2.03. The minimum atomic E-state index is -0.112. The fourth-order valence-corrected chi connectivity index (χ4v) is 1.84. The summed E-state index contributed by atoms with van der Waals surface area (Å²) in [7, 11) is 1.78. The van der Waals surface area contributed by atoms with Gasteiger partial charge in [-0.25, -0.2) is 0 Å². The lowest BCUT2D eigenvalue weighted by Gasteiger charge is -2.00. The first-order valence-electron chi connectivity index (χ1n) is 4.57. The lowest BCUT2D eigenvalue weighted by molar-refractivity contribution is 0.103. The molecule has 0 radical (unpaired) electrons. The highest BCUT2D eigenvalue weighted by atomic mass is 127. The van der Waals surface area contributed by atoms with Gasteiger partial charge in [-0.3, -0.25) is 9.48 Å². The number of ketones is 1. The van der Waals surface area contributed by atoms with Crippen LogP contribution in [0.3, 0.4) is 0 Å². The van der Waals surface area contributed by atoms with Gasteiger partial charge in [-0.05, 0) is 46.9 Å². The Morgan fingerprint density at radius 1 is 1.44 bits per heavy atom. The summed E-state index contributed by atoms with van der Waals surface area (Å²) >= 11 is 8.09. The first-order valence-corrected chi connectivity index (χ1v) is 6.03. The molecule has 0 aliphatic rings. The molecule has 16 heavy (non-hydrogen) atoms. The van der Waals surface area contributed by atoms with Gasteiger partial charge < -0.3 is 0 Å². The fourth-order valence-electron chi connectivity index (χ4n) is 1.32. The van der Waals surface area contributed by atoms with Crippen LogP contribution in [0.4, 0.5) is 0 Å². The van der Waals surface area contributed by atoms with Crippen LogP contribution in [0.1, 0.15) is 16.1 Å². The number of benzene rings is 1. The van der Waals surface area contributed by atoms with Crippen molar-refractivity contribution in [2.24, 2.45) is 7.05 Å². The molecule has 1 heterocycles. The molecule has 3 nitrogen and oxygen atoms in total. The van der Waals surface area contributed by atoms with E-state index in [-0.39, 0.29) is 5.78 Å². The Morgan fingerprint density at radius 2 is 2.19 bits per heavy atom. The van der Waals surface area contributed by atoms with Gasteiger partial charge in [0, 0.05) is 22.4 Å². The highest BCUT2D eigenvalue weighted by Crippen LogP contribution is 2.20. The number of aromatic nitrogens is 2. The standard InChI is InChI=1S/C11H8ClIN2O/c1-15-5-4-10(14-15)11(16)7-2-3-9(13)8(12)6-7/h2-6H,1H3. The molecule has 2 rings (SSSR count). The van der Waals surface area contributed by atoms with Crippen molar-refractivity contribution >= 4 is 40.0 Å². The van der Waals surface area contributed by atoms with Crippen LogP contribution < -0.4 is 0 Å². The molecule has 5 heteroatoms. The smallest absolute Gasteiger partial charge is 0.213 e. The van der Waals surface area contributed by atoms with Crippen LogP contribution in [-0.4, -0.2) is 15.6 Å². The quantitative estimate of drug-likeness (QED) is 0.619. The van der Waals surface area contributed by atoms with E-state index in [2.05, 4.69) is 27.7 Å². The van der Waals surface area contributed by atoms with Crippen LogP contribution in [-0.2, 0) is 7.05 Å². The van der Waals surface area contributed by atoms with E-state index in [4.69, 9.17) is 11.6 Å². The topological polar surface area (TPSA) is 34.9 Å². The summed E-state index contributed by atoms with van der Waals surface area (Å²) in [5.74, 6) is -0.112. The summed E-state index contributed by atoms with van der Waals surface area (Å²) in [6.45, 7) is 0. The van der Waals surface area contributed by atoms with Crippen LogP contribution in [0, 0.1) is 3.57 Å². The highest BCUT2D eigenvalue weighted by Gasteiger charge is 2.12. The van der Waals surface area contributed by atoms with Gasteiger partial charge in [-0.15, -0.1) is 0 Å². The van der Waals surface area contributed by atoms with Crippen molar-refractivity contribution in [3.05, 3.63) is 50.3 Å². The Balaban J connectivity index is 2.38. The molecule has 0 bridgehead atoms. The van der Waals surface area contributed by atoms with Crippen molar-refractivity contribution in [3.8, 4) is 0 Å². The molecule has 0 atom stereocenters. The zero-order chi connectivity index (χ0) is 11.7. The number of rotatable bonds is 2. The largest absolute Gasteiger partial charge is 0.287 e. The number of carbonyl (C=O) groups is 1. The molecule has 1 aromatic carbocycles. The third-order valence-corrected chi connectivity index (χ3v) is 3.70. The molecule has 82 valence electrons. The molecule has 0 unspecified atom stereocenters. The molecule has 0 amide bonds. The van der Waals surface area contributed by atoms with Gasteiger partial charge >= 0.3 is 0 Å². The maximum absolute atomic E-state index is 12.0. The van der Waals surface area contributed by atoms with Gasteiger partial charge in [0.25, 0.3) is 0 Å². The third kappa shape index (κ3) is 2.27. The Hall–Kier alpha value is -0.880. The van der Waals surface area contributed by atoms with Crippen molar-refractivity contribution in [2.45, 2.75) is 0 Å². The van der Waals surface area contributed by atoms with Crippen LogP contribution in [0.15, 0.2) is 30.5 Å². The Labute approximate surface area is 112 Å². The van der Waals surface area contributed by atoms with Crippen molar-refractivity contribution in [1.82, 2.24) is 9.78 Å². The van der Waals surface area contributed by atoms with Gasteiger partial charge in [-0.1, -0.05) is 11.6 Å². The van der Waals surface area contributed by atoms with Crippen molar-refractivity contribution in [1.29, 1.82) is 0 Å². The first-order chi connectivity index (χ1) is 7.58. The molecule has 0 aliphatic carbocycles. The number of halogens is 2. The second kappa shape index (κ2) is 4.55. The van der Waals surface area contributed by atoms with Gasteiger partial charge in [0.2, 0.25) is 5.78 Å². The van der Waals surface area contributed by atoms with E-state index in [1.165, 1.54) is 0 Å². The third-order valence-electron chi connectivity index (χ3n) is 2.13. The van der Waals surface area contributed by atoms with Crippen LogP contribution >= 0.6 is 34.2 Å². The summed E-state index contributed by atoms with van der Waals surface area (Å²) < 4.78 is 2.53. The van der Waals surface area contributed by atoms with Gasteiger partial charge in [-0.2, -0.15) is 5.10 Å². The van der Waals surface area contributed by atoms with E-state index in [9.17, 15) is 4.79 Å². The molecule has 0 saturated carbocycles. The fraction of sp³-hybridized carbons (Fsp3) is 0.0909. The molecule has 0 saturated heterocycles. The number of nitrogens with zero attached hydrogens (tertiary/aromatic N) is 2. The molecule has 0 N–H and O–H groups in total. The Morgan fingerprint density at radius 3 is 2.75 bits per heavy atom. The first kappa shape index (κ1) is 11.6. The Kier molecular flexibility index (Phi) is 3.30. The van der Waals surface area contributed by atoms with Crippen LogP contribution in [0.25, 0.3) is 0 Å². The van der Waals surface area contributed by atoms with E-state index < -0.39 is 0 Å². The molecule has 0 fully saturated rings. The lowest BCUT2D eigenvalue weighted by atomic mass is 10.1. The van der Waals surface area contributed by atoms with E-state index in [1.807, 2.05) is 6.07 Å². The summed E-state index contributed by atoms with van der Waals surface area (Å²) in [4.78, 5) is 12.0. The maximum Gasteiger partial charge on any atom is 0.213 e. The molecule has 2 aromatic rings. The van der Waals surface area contributed by atoms with Crippen molar-refractivity contribution < 1.29 is 4.79 Å². The average molecular weight is 347 g/mol. The summed E-state index contributed by atoms with van der Waals surface area (Å²) in [5, 5.41) is 4.65. The van der Waals surface area contributed by atoms with Crippen molar-refractivity contribution in [2.75, 3.05) is 0 Å². The minimum absolute atomic E-state index is 0.112. The zero-order valence-corrected chi connectivity index (χ0v) is 11.4. The Bertz CT molecular complexity index is 551. The van der Waals surface area contributed by atoms with Gasteiger partial charge in [0.05, 0.1) is 5.02 Å². The van der Waals surface area contributed by atoms with Gasteiger partial charge in [0.1, 0.15) is 5.69 Å². The summed E-state index contributed by atoms with van der Waals surface area (Å²) in [5.41, 5.74) is 0.990. The van der Waals surface area contributed by atoms with Crippen molar-refractivity contribution in [3.63, 3.8) is 0 Å². The number of aryl methyl sites for hydroxylation is 1. The van der Waals surface area contributed by atoms with E-state index >= 15 is 0 Å². The van der Waals surface area contributed by atoms with E-state index in [0.717, 1.165) is 3.57 Å². The molecular weight excluding hydrogens is 338 g/mol. The normalized spacial score (nSPS) is 10.4. The minimum Gasteiger partial charge on any atom is -0.287 e. The predicted octanol–water partition coefficient (Wildman–Crippen LogP) is 2.91. The van der Waals surface area contributed by atoms with E-state index in [1.54, 1.807) is 36.1 Å². The SMILES string of the molecule is Cn1ccc(C(=O)c2ccc(I)c(Cl)c2)n1. The van der Waals surface area contributed by atoms with E-state index in [0.29, 0.717) is 16.3 Å². The second-order valence-corrected chi connectivity index (χ2v) is 4.90. The molecule has 1 aromatic heterocycles. The average Bonchev–Trinajstić information content (AvgIpc) is 2.68. The summed E-state index contributed by atoms with van der Waals surface area (Å²) in [6.07, 6.45) is 1.74. The van der Waals surface area contributed by atoms with Crippen LogP contribution in [0.5, 0.6) is 0 Å². The highest BCUT2D eigenvalue weighted by molar-refractivity contribution is 14.1.